The Kier molecular flexibility index (Phi) is 8.04. The van der Waals surface area contributed by atoms with Crippen molar-refractivity contribution in [3.63, 3.8) is 0 Å². The molecule has 0 aliphatic heterocycles. The summed E-state index contributed by atoms with van der Waals surface area (Å²) in [5.41, 5.74) is 0. The van der Waals surface area contributed by atoms with E-state index in [9.17, 15) is 5.11 Å². The van der Waals surface area contributed by atoms with E-state index in [1.165, 1.54) is 12.8 Å². The van der Waals surface area contributed by atoms with Crippen LogP contribution in [-0.2, 0) is 0 Å². The van der Waals surface area contributed by atoms with Crippen LogP contribution in [0.5, 0.6) is 0 Å². The first-order chi connectivity index (χ1) is 5.76. The second-order valence-corrected chi connectivity index (χ2v) is 3.53. The first kappa shape index (κ1) is 12.2. The van der Waals surface area contributed by atoms with Gasteiger partial charge in [-0.2, -0.15) is 0 Å². The summed E-state index contributed by atoms with van der Waals surface area (Å²) in [6, 6.07) is 0. The van der Waals surface area contributed by atoms with Crippen LogP contribution in [0.25, 0.3) is 0 Å². The van der Waals surface area contributed by atoms with E-state index in [2.05, 4.69) is 23.7 Å². The second-order valence-electron chi connectivity index (χ2n) is 2.99. The molecule has 0 radical (unpaired) electrons. The fraction of sp³-hybridized carbons (Fsp3) is 0.800. The quantitative estimate of drug-likeness (QED) is 0.606. The lowest BCUT2D eigenvalue weighted by Gasteiger charge is -2.16. The predicted octanol–water partition coefficient (Wildman–Crippen LogP) is 2.96. The highest BCUT2D eigenvalue weighted by molar-refractivity contribution is 14.1. The molecule has 0 aromatic carbocycles. The second kappa shape index (κ2) is 7.88. The largest absolute Gasteiger partial charge is 0.380 e. The molecule has 1 N–H and O–H groups in total. The summed E-state index contributed by atoms with van der Waals surface area (Å²) in [5.74, 6) is 3.17. The Morgan fingerprint density at radius 1 is 1.42 bits per heavy atom. The Bertz CT molecular complexity index is 157. The number of hydrogen-bond acceptors (Lipinski definition) is 1. The van der Waals surface area contributed by atoms with Gasteiger partial charge in [0.2, 0.25) is 0 Å². The van der Waals surface area contributed by atoms with Crippen LogP contribution in [0.3, 0.4) is 0 Å². The molecule has 70 valence electrons. The lowest BCUT2D eigenvalue weighted by molar-refractivity contribution is 0.150. The summed E-state index contributed by atoms with van der Waals surface area (Å²) in [6.45, 7) is 4.28. The summed E-state index contributed by atoms with van der Waals surface area (Å²) >= 11 is 1.97. The lowest BCUT2D eigenvalue weighted by atomic mass is 9.94. The van der Waals surface area contributed by atoms with Crippen molar-refractivity contribution in [2.75, 3.05) is 0 Å². The van der Waals surface area contributed by atoms with Crippen LogP contribution in [0.1, 0.15) is 39.5 Å². The highest BCUT2D eigenvalue weighted by Gasteiger charge is 2.13. The van der Waals surface area contributed by atoms with Gasteiger partial charge < -0.3 is 5.11 Å². The fourth-order valence-electron chi connectivity index (χ4n) is 1.23. The van der Waals surface area contributed by atoms with Crippen LogP contribution in [0, 0.1) is 15.8 Å². The van der Waals surface area contributed by atoms with Crippen molar-refractivity contribution in [3.8, 4) is 9.85 Å². The Hall–Kier alpha value is 0.250. The first-order valence-electron chi connectivity index (χ1n) is 4.55. The van der Waals surface area contributed by atoms with Gasteiger partial charge in [0.15, 0.2) is 0 Å². The highest BCUT2D eigenvalue weighted by atomic mass is 127. The standard InChI is InChI=1S/C10H17IO/c1-3-5-6-9(4-2)10(12)7-8-11/h9-10,12H,3-6H2,1-2H3. The van der Waals surface area contributed by atoms with Gasteiger partial charge in [0, 0.05) is 22.6 Å². The number of unbranched alkanes of at least 4 members (excludes halogenated alkanes) is 1. The van der Waals surface area contributed by atoms with Crippen LogP contribution in [-0.4, -0.2) is 11.2 Å². The van der Waals surface area contributed by atoms with Crippen molar-refractivity contribution in [1.82, 2.24) is 0 Å². The Morgan fingerprint density at radius 3 is 2.50 bits per heavy atom. The van der Waals surface area contributed by atoms with E-state index in [0.29, 0.717) is 5.92 Å². The highest BCUT2D eigenvalue weighted by Crippen LogP contribution is 2.16. The molecule has 12 heavy (non-hydrogen) atoms. The van der Waals surface area contributed by atoms with Gasteiger partial charge >= 0.3 is 0 Å². The van der Waals surface area contributed by atoms with Crippen molar-refractivity contribution in [2.45, 2.75) is 45.6 Å². The molecule has 0 aliphatic rings. The molecule has 0 bridgehead atoms. The zero-order chi connectivity index (χ0) is 9.40. The molecule has 0 aromatic heterocycles. The average Bonchev–Trinajstić information content (AvgIpc) is 2.06. The Labute approximate surface area is 89.1 Å². The smallest absolute Gasteiger partial charge is 0.118 e. The third-order valence-corrected chi connectivity index (χ3v) is 2.41. The number of rotatable bonds is 5. The monoisotopic (exact) mass is 280 g/mol. The van der Waals surface area contributed by atoms with Crippen molar-refractivity contribution >= 4 is 22.6 Å². The molecule has 0 rings (SSSR count). The maximum absolute atomic E-state index is 9.56. The lowest BCUT2D eigenvalue weighted by Crippen LogP contribution is -2.17. The summed E-state index contributed by atoms with van der Waals surface area (Å²) < 4.78 is 2.73. The zero-order valence-corrected chi connectivity index (χ0v) is 9.97. The predicted molar refractivity (Wildman–Crippen MR) is 61.1 cm³/mol. The molecule has 0 aliphatic carbocycles. The van der Waals surface area contributed by atoms with E-state index in [1.807, 2.05) is 22.6 Å². The summed E-state index contributed by atoms with van der Waals surface area (Å²) in [6.07, 6.45) is 4.09. The fourth-order valence-corrected chi connectivity index (χ4v) is 1.54. The van der Waals surface area contributed by atoms with Gasteiger partial charge in [-0.05, 0) is 22.7 Å². The molecule has 2 heteroatoms. The van der Waals surface area contributed by atoms with E-state index in [0.717, 1.165) is 12.8 Å². The molecule has 0 spiro atoms. The van der Waals surface area contributed by atoms with Gasteiger partial charge in [-0.3, -0.25) is 0 Å². The topological polar surface area (TPSA) is 20.2 Å². The molecule has 0 amide bonds. The van der Waals surface area contributed by atoms with Crippen molar-refractivity contribution in [3.05, 3.63) is 0 Å². The van der Waals surface area contributed by atoms with Gasteiger partial charge in [0.25, 0.3) is 0 Å². The van der Waals surface area contributed by atoms with Crippen molar-refractivity contribution in [2.24, 2.45) is 5.92 Å². The molecule has 0 saturated carbocycles. The van der Waals surface area contributed by atoms with E-state index in [1.54, 1.807) is 0 Å². The van der Waals surface area contributed by atoms with E-state index in [4.69, 9.17) is 0 Å². The van der Waals surface area contributed by atoms with Crippen LogP contribution >= 0.6 is 22.6 Å². The molecule has 1 nitrogen and oxygen atoms in total. The van der Waals surface area contributed by atoms with Crippen LogP contribution in [0.4, 0.5) is 0 Å². The van der Waals surface area contributed by atoms with Crippen LogP contribution < -0.4 is 0 Å². The third kappa shape index (κ3) is 5.00. The van der Waals surface area contributed by atoms with E-state index in [-0.39, 0.29) is 0 Å². The number of hydrogen-bond donors (Lipinski definition) is 1. The summed E-state index contributed by atoms with van der Waals surface area (Å²) in [7, 11) is 0. The molecule has 2 unspecified atom stereocenters. The van der Waals surface area contributed by atoms with E-state index < -0.39 is 6.10 Å². The molecule has 0 heterocycles. The third-order valence-electron chi connectivity index (χ3n) is 2.10. The maximum Gasteiger partial charge on any atom is 0.118 e. The van der Waals surface area contributed by atoms with Crippen molar-refractivity contribution in [1.29, 1.82) is 0 Å². The van der Waals surface area contributed by atoms with E-state index >= 15 is 0 Å². The minimum atomic E-state index is -0.418. The summed E-state index contributed by atoms with van der Waals surface area (Å²) in [4.78, 5) is 0. The average molecular weight is 280 g/mol. The molecule has 0 aromatic rings. The Balaban J connectivity index is 3.84. The van der Waals surface area contributed by atoms with Gasteiger partial charge in [-0.1, -0.05) is 32.6 Å². The van der Waals surface area contributed by atoms with Crippen molar-refractivity contribution < 1.29 is 5.11 Å². The van der Waals surface area contributed by atoms with Gasteiger partial charge in [-0.15, -0.1) is 0 Å². The molecule has 0 saturated heterocycles. The molecular formula is C10H17IO. The minimum Gasteiger partial charge on any atom is -0.380 e. The number of halogens is 1. The van der Waals surface area contributed by atoms with Gasteiger partial charge in [0.1, 0.15) is 6.10 Å². The van der Waals surface area contributed by atoms with Gasteiger partial charge in [-0.25, -0.2) is 0 Å². The summed E-state index contributed by atoms with van der Waals surface area (Å²) in [5, 5.41) is 9.56. The van der Waals surface area contributed by atoms with Crippen LogP contribution in [0.2, 0.25) is 0 Å². The Morgan fingerprint density at radius 2 is 2.08 bits per heavy atom. The number of aliphatic hydroxyl groups excluding tert-OH is 1. The number of aliphatic hydroxyl groups is 1. The molecular weight excluding hydrogens is 263 g/mol. The first-order valence-corrected chi connectivity index (χ1v) is 5.63. The van der Waals surface area contributed by atoms with Crippen LogP contribution in [0.15, 0.2) is 0 Å². The minimum absolute atomic E-state index is 0.368. The molecule has 0 fully saturated rings. The van der Waals surface area contributed by atoms with Gasteiger partial charge in [0.05, 0.1) is 0 Å². The zero-order valence-electron chi connectivity index (χ0n) is 7.81. The SMILES string of the molecule is CCCCC(CC)C(O)C#CI. The maximum atomic E-state index is 9.56. The molecule has 2 atom stereocenters. The normalized spacial score (nSPS) is 14.7.